The second kappa shape index (κ2) is 64.9. The fraction of sp³-hybridized carbons (Fsp3) is 0.913. The molecule has 75 heavy (non-hydrogen) atoms. The maximum Gasteiger partial charge on any atom is 0.305 e. The van der Waals surface area contributed by atoms with E-state index in [1.807, 2.05) is 0 Å². The van der Waals surface area contributed by atoms with Gasteiger partial charge in [0.05, 0.1) is 25.4 Å². The summed E-state index contributed by atoms with van der Waals surface area (Å²) in [6, 6.07) is -0.539. The number of esters is 1. The van der Waals surface area contributed by atoms with Crippen molar-refractivity contribution in [3.63, 3.8) is 0 Å². The first-order valence-corrected chi connectivity index (χ1v) is 34.1. The molecule has 0 aliphatic heterocycles. The summed E-state index contributed by atoms with van der Waals surface area (Å²) in [7, 11) is 0. The van der Waals surface area contributed by atoms with Gasteiger partial charge >= 0.3 is 5.97 Å². The van der Waals surface area contributed by atoms with Crippen molar-refractivity contribution in [1.29, 1.82) is 0 Å². The lowest BCUT2D eigenvalue weighted by molar-refractivity contribution is -0.143. The van der Waals surface area contributed by atoms with Crippen LogP contribution in [0.5, 0.6) is 0 Å². The van der Waals surface area contributed by atoms with Gasteiger partial charge in [-0.3, -0.25) is 9.59 Å². The number of hydrogen-bond acceptors (Lipinski definition) is 5. The van der Waals surface area contributed by atoms with Gasteiger partial charge < -0.3 is 20.3 Å². The first kappa shape index (κ1) is 73.3. The predicted molar refractivity (Wildman–Crippen MR) is 329 cm³/mol. The van der Waals surface area contributed by atoms with Gasteiger partial charge in [0.2, 0.25) is 5.91 Å². The van der Waals surface area contributed by atoms with Gasteiger partial charge in [0.1, 0.15) is 0 Å². The van der Waals surface area contributed by atoms with Crippen LogP contribution in [0.3, 0.4) is 0 Å². The van der Waals surface area contributed by atoms with Crippen LogP contribution in [0.2, 0.25) is 0 Å². The van der Waals surface area contributed by atoms with E-state index in [1.54, 1.807) is 0 Å². The maximum atomic E-state index is 12.5. The van der Waals surface area contributed by atoms with Gasteiger partial charge in [-0.15, -0.1) is 0 Å². The number of aliphatic hydroxyl groups is 2. The van der Waals surface area contributed by atoms with E-state index in [-0.39, 0.29) is 18.5 Å². The van der Waals surface area contributed by atoms with Crippen LogP contribution in [0.15, 0.2) is 24.3 Å². The Hall–Kier alpha value is -1.66. The van der Waals surface area contributed by atoms with E-state index in [0.29, 0.717) is 25.9 Å². The highest BCUT2D eigenvalue weighted by Gasteiger charge is 2.20. The van der Waals surface area contributed by atoms with Crippen LogP contribution in [0.4, 0.5) is 0 Å². The molecule has 0 rings (SSSR count). The van der Waals surface area contributed by atoms with E-state index >= 15 is 0 Å². The molecule has 6 nitrogen and oxygen atoms in total. The zero-order valence-corrected chi connectivity index (χ0v) is 50.8. The Morgan fingerprint density at radius 3 is 1.04 bits per heavy atom. The highest BCUT2D eigenvalue weighted by atomic mass is 16.5. The molecule has 444 valence electrons. The summed E-state index contributed by atoms with van der Waals surface area (Å²) in [5.41, 5.74) is 0. The summed E-state index contributed by atoms with van der Waals surface area (Å²) in [4.78, 5) is 24.6. The molecule has 0 aliphatic rings. The third-order valence-corrected chi connectivity index (χ3v) is 16.0. The largest absolute Gasteiger partial charge is 0.466 e. The van der Waals surface area contributed by atoms with Crippen molar-refractivity contribution in [2.45, 2.75) is 392 Å². The lowest BCUT2D eigenvalue weighted by atomic mass is 10.0. The quantitative estimate of drug-likeness (QED) is 0.0320. The molecule has 0 bridgehead atoms. The average molecular weight is 1060 g/mol. The molecule has 0 aromatic rings. The Kier molecular flexibility index (Phi) is 63.4. The summed E-state index contributed by atoms with van der Waals surface area (Å²) in [6.45, 7) is 4.95. The Bertz CT molecular complexity index is 1170. The topological polar surface area (TPSA) is 95.9 Å². The number of ether oxygens (including phenoxy) is 1. The number of unbranched alkanes of at least 4 members (excludes halogenated alkanes) is 49. The smallest absolute Gasteiger partial charge is 0.305 e. The Balaban J connectivity index is 3.33. The minimum absolute atomic E-state index is 0.0109. The van der Waals surface area contributed by atoms with Crippen molar-refractivity contribution in [2.75, 3.05) is 13.2 Å². The first-order valence-electron chi connectivity index (χ1n) is 34.1. The normalized spacial score (nSPS) is 12.6. The SMILES string of the molecule is CCCCC/C=C\C/C=C\CCCCCCCCCC(=O)OCCCCCCCCCCCCCCCCCCCCCCCCCCCCCC(=O)NC(CO)C(O)CCCCCCCCCCCCCCCC. The van der Waals surface area contributed by atoms with Crippen molar-refractivity contribution >= 4 is 11.9 Å². The summed E-state index contributed by atoms with van der Waals surface area (Å²) < 4.78 is 5.50. The minimum Gasteiger partial charge on any atom is -0.466 e. The minimum atomic E-state index is -0.661. The van der Waals surface area contributed by atoms with Crippen LogP contribution >= 0.6 is 0 Å². The van der Waals surface area contributed by atoms with Gasteiger partial charge in [-0.25, -0.2) is 0 Å². The van der Waals surface area contributed by atoms with E-state index in [0.717, 1.165) is 51.4 Å². The molecular formula is C69H133NO5. The van der Waals surface area contributed by atoms with Crippen LogP contribution in [0, 0.1) is 0 Å². The van der Waals surface area contributed by atoms with Crippen molar-refractivity contribution in [1.82, 2.24) is 5.32 Å². The Morgan fingerprint density at radius 2 is 0.667 bits per heavy atom. The zero-order valence-electron chi connectivity index (χ0n) is 50.8. The Morgan fingerprint density at radius 1 is 0.373 bits per heavy atom. The molecule has 0 fully saturated rings. The lowest BCUT2D eigenvalue weighted by Crippen LogP contribution is -2.45. The molecule has 0 saturated carbocycles. The van der Waals surface area contributed by atoms with Crippen LogP contribution in [-0.4, -0.2) is 47.4 Å². The molecule has 0 aromatic carbocycles. The molecule has 0 aromatic heterocycles. The summed E-state index contributed by atoms with van der Waals surface area (Å²) in [6.07, 6.45) is 80.7. The average Bonchev–Trinajstić information content (AvgIpc) is 3.41. The molecule has 6 heteroatoms. The fourth-order valence-corrected chi connectivity index (χ4v) is 10.8. The van der Waals surface area contributed by atoms with Crippen molar-refractivity contribution in [3.8, 4) is 0 Å². The second-order valence-corrected chi connectivity index (χ2v) is 23.5. The summed E-state index contributed by atoms with van der Waals surface area (Å²) >= 11 is 0. The molecule has 0 radical (unpaired) electrons. The molecule has 1 amide bonds. The van der Waals surface area contributed by atoms with E-state index < -0.39 is 12.1 Å². The van der Waals surface area contributed by atoms with Gasteiger partial charge in [0.25, 0.3) is 0 Å². The number of nitrogens with one attached hydrogen (secondary N) is 1. The van der Waals surface area contributed by atoms with Crippen LogP contribution < -0.4 is 5.32 Å². The molecule has 2 atom stereocenters. The molecule has 0 aliphatic carbocycles. The predicted octanol–water partition coefficient (Wildman–Crippen LogP) is 21.8. The third kappa shape index (κ3) is 61.4. The second-order valence-electron chi connectivity index (χ2n) is 23.5. The van der Waals surface area contributed by atoms with Crippen molar-refractivity contribution in [2.24, 2.45) is 0 Å². The summed E-state index contributed by atoms with van der Waals surface area (Å²) in [5.74, 6) is -0.0191. The summed E-state index contributed by atoms with van der Waals surface area (Å²) in [5, 5.41) is 23.3. The molecule has 0 saturated heterocycles. The standard InChI is InChI=1S/C69H133NO5/c1-3-5-7-9-11-13-15-17-19-31-35-39-43-47-51-55-59-63-69(74)75-64-60-56-52-48-44-40-36-33-30-28-26-24-22-20-21-23-25-27-29-32-34-38-42-46-50-54-58-62-68(73)70-66(65-71)67(72)61-57-53-49-45-41-37-18-16-14-12-10-8-6-4-2/h11,13,17,19,66-67,71-72H,3-10,12,14-16,18,20-65H2,1-2H3,(H,70,73)/b13-11-,19-17-. The third-order valence-electron chi connectivity index (χ3n) is 16.0. The molecule has 2 unspecified atom stereocenters. The monoisotopic (exact) mass is 1060 g/mol. The van der Waals surface area contributed by atoms with E-state index in [4.69, 9.17) is 4.74 Å². The van der Waals surface area contributed by atoms with Gasteiger partial charge in [-0.2, -0.15) is 0 Å². The highest BCUT2D eigenvalue weighted by Crippen LogP contribution is 2.19. The number of carbonyl (C=O) groups is 2. The van der Waals surface area contributed by atoms with Crippen molar-refractivity contribution < 1.29 is 24.5 Å². The molecule has 0 heterocycles. The van der Waals surface area contributed by atoms with Crippen LogP contribution in [0.25, 0.3) is 0 Å². The lowest BCUT2D eigenvalue weighted by Gasteiger charge is -2.22. The van der Waals surface area contributed by atoms with Gasteiger partial charge in [0, 0.05) is 12.8 Å². The number of carbonyl (C=O) groups excluding carboxylic acids is 2. The molecule has 0 spiro atoms. The number of hydrogen-bond donors (Lipinski definition) is 3. The Labute approximate surface area is 469 Å². The van der Waals surface area contributed by atoms with E-state index in [1.165, 1.54) is 295 Å². The van der Waals surface area contributed by atoms with E-state index in [2.05, 4.69) is 43.5 Å². The number of allylic oxidation sites excluding steroid dienone is 4. The maximum absolute atomic E-state index is 12.5. The zero-order chi connectivity index (χ0) is 54.3. The number of rotatable bonds is 64. The first-order chi connectivity index (χ1) is 37.0. The van der Waals surface area contributed by atoms with Gasteiger partial charge in [0.15, 0.2) is 0 Å². The molecule has 3 N–H and O–H groups in total. The molecular weight excluding hydrogens is 923 g/mol. The van der Waals surface area contributed by atoms with Gasteiger partial charge in [-0.1, -0.05) is 334 Å². The van der Waals surface area contributed by atoms with Crippen LogP contribution in [-0.2, 0) is 14.3 Å². The number of aliphatic hydroxyl groups excluding tert-OH is 2. The van der Waals surface area contributed by atoms with Gasteiger partial charge in [-0.05, 0) is 57.8 Å². The number of amides is 1. The highest BCUT2D eigenvalue weighted by molar-refractivity contribution is 5.76. The van der Waals surface area contributed by atoms with Crippen molar-refractivity contribution in [3.05, 3.63) is 24.3 Å². The van der Waals surface area contributed by atoms with E-state index in [9.17, 15) is 19.8 Å². The van der Waals surface area contributed by atoms with Crippen LogP contribution in [0.1, 0.15) is 380 Å². The fourth-order valence-electron chi connectivity index (χ4n) is 10.8.